The molecule has 1 aliphatic heterocycles. The number of para-hydroxylation sites is 1. The topological polar surface area (TPSA) is 29.3 Å². The molecule has 0 spiro atoms. The Bertz CT molecular complexity index is 527. The standard InChI is InChI=1S/C15H16N2S/c16-15-17(11-10-12-6-2-1-3-7-12)13-8-4-5-9-14(13)18-15/h1-9,15H,10-11,16H2. The molecule has 0 saturated heterocycles. The lowest BCUT2D eigenvalue weighted by molar-refractivity contribution is 0.765. The van der Waals surface area contributed by atoms with Gasteiger partial charge in [0.25, 0.3) is 0 Å². The van der Waals surface area contributed by atoms with Gasteiger partial charge in [-0.05, 0) is 24.1 Å². The number of nitrogens with two attached hydrogens (primary N) is 1. The van der Waals surface area contributed by atoms with Crippen molar-refractivity contribution in [2.75, 3.05) is 11.4 Å². The molecule has 2 N–H and O–H groups in total. The largest absolute Gasteiger partial charge is 0.346 e. The summed E-state index contributed by atoms with van der Waals surface area (Å²) >= 11 is 1.74. The van der Waals surface area contributed by atoms with Crippen LogP contribution in [0.1, 0.15) is 5.56 Å². The van der Waals surface area contributed by atoms with Gasteiger partial charge in [0, 0.05) is 11.4 Å². The minimum absolute atomic E-state index is 0.0473. The van der Waals surface area contributed by atoms with E-state index in [-0.39, 0.29) is 5.50 Å². The summed E-state index contributed by atoms with van der Waals surface area (Å²) in [6.07, 6.45) is 1.03. The molecule has 1 aliphatic rings. The van der Waals surface area contributed by atoms with E-state index in [9.17, 15) is 0 Å². The second kappa shape index (κ2) is 5.04. The Labute approximate surface area is 112 Å². The summed E-state index contributed by atoms with van der Waals surface area (Å²) in [7, 11) is 0. The number of rotatable bonds is 3. The fourth-order valence-corrected chi connectivity index (χ4v) is 3.34. The predicted octanol–water partition coefficient (Wildman–Crippen LogP) is 3.08. The summed E-state index contributed by atoms with van der Waals surface area (Å²) in [5, 5.41) is 0. The van der Waals surface area contributed by atoms with Crippen LogP contribution in [0.15, 0.2) is 59.5 Å². The second-order valence-electron chi connectivity index (χ2n) is 4.41. The predicted molar refractivity (Wildman–Crippen MR) is 77.8 cm³/mol. The van der Waals surface area contributed by atoms with Crippen LogP contribution in [0.3, 0.4) is 0 Å². The van der Waals surface area contributed by atoms with Gasteiger partial charge in [-0.25, -0.2) is 0 Å². The van der Waals surface area contributed by atoms with Gasteiger partial charge in [-0.2, -0.15) is 0 Å². The zero-order valence-electron chi connectivity index (χ0n) is 10.1. The van der Waals surface area contributed by atoms with E-state index in [1.807, 2.05) is 0 Å². The Morgan fingerprint density at radius 2 is 1.72 bits per heavy atom. The molecule has 0 aliphatic carbocycles. The highest BCUT2D eigenvalue weighted by atomic mass is 32.2. The zero-order valence-corrected chi connectivity index (χ0v) is 10.9. The molecule has 3 heteroatoms. The van der Waals surface area contributed by atoms with Crippen molar-refractivity contribution in [3.05, 3.63) is 60.2 Å². The number of hydrogen-bond donors (Lipinski definition) is 1. The summed E-state index contributed by atoms with van der Waals surface area (Å²) in [5.74, 6) is 0. The number of thioether (sulfide) groups is 1. The van der Waals surface area contributed by atoms with Crippen LogP contribution < -0.4 is 10.6 Å². The third-order valence-corrected chi connectivity index (χ3v) is 4.31. The maximum Gasteiger partial charge on any atom is 0.130 e. The molecule has 3 rings (SSSR count). The molecule has 1 unspecified atom stereocenters. The SMILES string of the molecule is NC1Sc2ccccc2N1CCc1ccccc1. The number of anilines is 1. The first kappa shape index (κ1) is 11.6. The average molecular weight is 256 g/mol. The van der Waals surface area contributed by atoms with E-state index in [2.05, 4.69) is 59.5 Å². The fourth-order valence-electron chi connectivity index (χ4n) is 2.27. The van der Waals surface area contributed by atoms with Crippen LogP contribution in [-0.2, 0) is 6.42 Å². The lowest BCUT2D eigenvalue weighted by Crippen LogP contribution is -2.37. The number of fused-ring (bicyclic) bond motifs is 1. The third-order valence-electron chi connectivity index (χ3n) is 3.21. The molecule has 1 heterocycles. The molecule has 2 nitrogen and oxygen atoms in total. The molecule has 0 radical (unpaired) electrons. The van der Waals surface area contributed by atoms with Gasteiger partial charge in [-0.1, -0.05) is 54.2 Å². The third kappa shape index (κ3) is 2.24. The van der Waals surface area contributed by atoms with E-state index >= 15 is 0 Å². The van der Waals surface area contributed by atoms with E-state index in [0.717, 1.165) is 13.0 Å². The molecule has 0 bridgehead atoms. The van der Waals surface area contributed by atoms with Crippen LogP contribution in [0.5, 0.6) is 0 Å². The van der Waals surface area contributed by atoms with E-state index in [1.54, 1.807) is 11.8 Å². The lowest BCUT2D eigenvalue weighted by Gasteiger charge is -2.23. The highest BCUT2D eigenvalue weighted by Gasteiger charge is 2.26. The normalized spacial score (nSPS) is 17.8. The van der Waals surface area contributed by atoms with Crippen molar-refractivity contribution in [3.8, 4) is 0 Å². The Balaban J connectivity index is 1.74. The van der Waals surface area contributed by atoms with Crippen LogP contribution in [0.4, 0.5) is 5.69 Å². The van der Waals surface area contributed by atoms with Crippen molar-refractivity contribution in [2.45, 2.75) is 16.8 Å². The van der Waals surface area contributed by atoms with Gasteiger partial charge >= 0.3 is 0 Å². The minimum atomic E-state index is 0.0473. The summed E-state index contributed by atoms with van der Waals surface area (Å²) in [6, 6.07) is 19.0. The second-order valence-corrected chi connectivity index (χ2v) is 5.56. The first-order valence-corrected chi connectivity index (χ1v) is 7.04. The maximum absolute atomic E-state index is 6.18. The minimum Gasteiger partial charge on any atom is -0.346 e. The average Bonchev–Trinajstić information content (AvgIpc) is 2.73. The first-order chi connectivity index (χ1) is 8.84. The molecular weight excluding hydrogens is 240 g/mol. The van der Waals surface area contributed by atoms with Crippen LogP contribution >= 0.6 is 11.8 Å². The highest BCUT2D eigenvalue weighted by Crippen LogP contribution is 2.40. The van der Waals surface area contributed by atoms with Crippen molar-refractivity contribution in [3.63, 3.8) is 0 Å². The first-order valence-electron chi connectivity index (χ1n) is 6.16. The van der Waals surface area contributed by atoms with E-state index < -0.39 is 0 Å². The molecule has 92 valence electrons. The van der Waals surface area contributed by atoms with E-state index in [0.29, 0.717) is 0 Å². The lowest BCUT2D eigenvalue weighted by atomic mass is 10.1. The van der Waals surface area contributed by atoms with Crippen LogP contribution in [0.25, 0.3) is 0 Å². The van der Waals surface area contributed by atoms with Crippen molar-refractivity contribution in [1.82, 2.24) is 0 Å². The van der Waals surface area contributed by atoms with Crippen molar-refractivity contribution in [1.29, 1.82) is 0 Å². The molecule has 0 fully saturated rings. The van der Waals surface area contributed by atoms with E-state index in [1.165, 1.54) is 16.1 Å². The van der Waals surface area contributed by atoms with Crippen molar-refractivity contribution >= 4 is 17.4 Å². The van der Waals surface area contributed by atoms with Gasteiger partial charge < -0.3 is 10.6 Å². The quantitative estimate of drug-likeness (QED) is 0.915. The molecular formula is C15H16N2S. The number of hydrogen-bond acceptors (Lipinski definition) is 3. The van der Waals surface area contributed by atoms with Crippen molar-refractivity contribution < 1.29 is 0 Å². The van der Waals surface area contributed by atoms with Crippen molar-refractivity contribution in [2.24, 2.45) is 5.73 Å². The summed E-state index contributed by atoms with van der Waals surface area (Å²) in [5.41, 5.74) is 8.86. The molecule has 0 aromatic heterocycles. The summed E-state index contributed by atoms with van der Waals surface area (Å²) in [4.78, 5) is 3.57. The fraction of sp³-hybridized carbons (Fsp3) is 0.200. The highest BCUT2D eigenvalue weighted by molar-refractivity contribution is 8.00. The van der Waals surface area contributed by atoms with Gasteiger partial charge in [-0.15, -0.1) is 0 Å². The maximum atomic E-state index is 6.18. The molecule has 0 amide bonds. The van der Waals surface area contributed by atoms with Gasteiger partial charge in [-0.3, -0.25) is 0 Å². The smallest absolute Gasteiger partial charge is 0.130 e. The Morgan fingerprint density at radius 3 is 2.56 bits per heavy atom. The van der Waals surface area contributed by atoms with Crippen LogP contribution in [0.2, 0.25) is 0 Å². The molecule has 1 atom stereocenters. The Kier molecular flexibility index (Phi) is 3.26. The molecule has 2 aromatic rings. The monoisotopic (exact) mass is 256 g/mol. The van der Waals surface area contributed by atoms with Gasteiger partial charge in [0.2, 0.25) is 0 Å². The molecule has 2 aromatic carbocycles. The van der Waals surface area contributed by atoms with Gasteiger partial charge in [0.05, 0.1) is 5.69 Å². The molecule has 0 saturated carbocycles. The number of benzene rings is 2. The number of nitrogens with zero attached hydrogens (tertiary/aromatic N) is 1. The van der Waals surface area contributed by atoms with Crippen LogP contribution in [0, 0.1) is 0 Å². The summed E-state index contributed by atoms with van der Waals surface area (Å²) < 4.78 is 0. The Morgan fingerprint density at radius 1 is 1.00 bits per heavy atom. The van der Waals surface area contributed by atoms with E-state index in [4.69, 9.17) is 5.73 Å². The summed E-state index contributed by atoms with van der Waals surface area (Å²) in [6.45, 7) is 0.967. The zero-order chi connectivity index (χ0) is 12.4. The molecule has 18 heavy (non-hydrogen) atoms. The van der Waals surface area contributed by atoms with Gasteiger partial charge in [0.1, 0.15) is 5.50 Å². The van der Waals surface area contributed by atoms with Gasteiger partial charge in [0.15, 0.2) is 0 Å². The Hall–Kier alpha value is -1.45. The van der Waals surface area contributed by atoms with Crippen LogP contribution in [-0.4, -0.2) is 12.0 Å².